The molecule has 0 fully saturated rings. The van der Waals surface area contributed by atoms with E-state index in [9.17, 15) is 0 Å². The summed E-state index contributed by atoms with van der Waals surface area (Å²) in [6.07, 6.45) is 2.37. The summed E-state index contributed by atoms with van der Waals surface area (Å²) in [5.74, 6) is 0. The van der Waals surface area contributed by atoms with Gasteiger partial charge in [-0.1, -0.05) is 0 Å². The van der Waals surface area contributed by atoms with E-state index in [2.05, 4.69) is 30.7 Å². The number of nitrogens with zero attached hydrogens (tertiary/aromatic N) is 2. The third-order valence-corrected chi connectivity index (χ3v) is 2.99. The van der Waals surface area contributed by atoms with Gasteiger partial charge in [0.05, 0.1) is 5.70 Å². The molecule has 0 amide bonds. The van der Waals surface area contributed by atoms with Crippen molar-refractivity contribution in [2.24, 2.45) is 4.99 Å². The Bertz CT molecular complexity index is 274. The quantitative estimate of drug-likeness (QED) is 0.601. The van der Waals surface area contributed by atoms with E-state index in [1.165, 1.54) is 24.4 Å². The molecule has 0 aromatic rings. The van der Waals surface area contributed by atoms with Crippen LogP contribution in [0.5, 0.6) is 0 Å². The molecule has 0 aromatic carbocycles. The van der Waals surface area contributed by atoms with E-state index < -0.39 is 0 Å². The zero-order valence-corrected chi connectivity index (χ0v) is 8.80. The van der Waals surface area contributed by atoms with Gasteiger partial charge in [0.1, 0.15) is 0 Å². The topological polar surface area (TPSA) is 15.6 Å². The fourth-order valence-electron chi connectivity index (χ4n) is 2.13. The molecule has 0 saturated heterocycles. The predicted molar refractivity (Wildman–Crippen MR) is 56.1 cm³/mol. The summed E-state index contributed by atoms with van der Waals surface area (Å²) in [4.78, 5) is 7.10. The first kappa shape index (κ1) is 8.95. The van der Waals surface area contributed by atoms with Crippen molar-refractivity contribution < 1.29 is 0 Å². The van der Waals surface area contributed by atoms with E-state index in [4.69, 9.17) is 0 Å². The molecule has 0 saturated carbocycles. The molecule has 0 spiro atoms. The Hall–Kier alpha value is -0.630. The molecular formula is C11H18N2. The van der Waals surface area contributed by atoms with E-state index in [1.807, 2.05) is 0 Å². The molecule has 0 unspecified atom stereocenters. The van der Waals surface area contributed by atoms with E-state index in [0.717, 1.165) is 13.0 Å². The van der Waals surface area contributed by atoms with Crippen molar-refractivity contribution in [3.8, 4) is 0 Å². The molecule has 2 nitrogen and oxygen atoms in total. The predicted octanol–water partition coefficient (Wildman–Crippen LogP) is 2.22. The normalized spacial score (nSPS) is 23.8. The van der Waals surface area contributed by atoms with Crippen LogP contribution in [-0.4, -0.2) is 29.7 Å². The van der Waals surface area contributed by atoms with E-state index in [-0.39, 0.29) is 0 Å². The van der Waals surface area contributed by atoms with Gasteiger partial charge in [-0.25, -0.2) is 0 Å². The molecule has 0 aromatic heterocycles. The second-order valence-electron chi connectivity index (χ2n) is 4.39. The Labute approximate surface area is 80.3 Å². The first-order valence-corrected chi connectivity index (χ1v) is 5.16. The SMILES string of the molecule is CC1=NC2=C(CCN(C(C)C)C2)C1. The molecule has 2 rings (SSSR count). The Kier molecular flexibility index (Phi) is 2.24. The standard InChI is InChI=1S/C11H18N2/c1-8(2)13-5-4-10-6-9(3)12-11(10)7-13/h8H,4-7H2,1-3H3. The fourth-order valence-corrected chi connectivity index (χ4v) is 2.13. The van der Waals surface area contributed by atoms with Crippen LogP contribution in [0, 0.1) is 0 Å². The molecule has 2 aliphatic heterocycles. The molecular weight excluding hydrogens is 160 g/mol. The molecule has 13 heavy (non-hydrogen) atoms. The highest BCUT2D eigenvalue weighted by Crippen LogP contribution is 2.28. The summed E-state index contributed by atoms with van der Waals surface area (Å²) >= 11 is 0. The van der Waals surface area contributed by atoms with Gasteiger partial charge in [0.2, 0.25) is 0 Å². The number of aliphatic imine (C=N–C) groups is 1. The van der Waals surface area contributed by atoms with E-state index >= 15 is 0 Å². The van der Waals surface area contributed by atoms with Crippen LogP contribution in [0.15, 0.2) is 16.3 Å². The van der Waals surface area contributed by atoms with Gasteiger partial charge in [-0.15, -0.1) is 0 Å². The lowest BCUT2D eigenvalue weighted by molar-refractivity contribution is 0.231. The minimum atomic E-state index is 0.658. The van der Waals surface area contributed by atoms with Crippen molar-refractivity contribution in [2.75, 3.05) is 13.1 Å². The summed E-state index contributed by atoms with van der Waals surface area (Å²) in [5.41, 5.74) is 4.25. The van der Waals surface area contributed by atoms with Crippen molar-refractivity contribution in [1.29, 1.82) is 0 Å². The maximum absolute atomic E-state index is 4.60. The van der Waals surface area contributed by atoms with Gasteiger partial charge in [-0.2, -0.15) is 0 Å². The van der Waals surface area contributed by atoms with Gasteiger partial charge in [-0.3, -0.25) is 9.89 Å². The van der Waals surface area contributed by atoms with E-state index in [0.29, 0.717) is 6.04 Å². The van der Waals surface area contributed by atoms with Crippen LogP contribution in [0.1, 0.15) is 33.6 Å². The second kappa shape index (κ2) is 3.26. The largest absolute Gasteiger partial charge is 0.295 e. The average molecular weight is 178 g/mol. The van der Waals surface area contributed by atoms with Crippen molar-refractivity contribution in [2.45, 2.75) is 39.7 Å². The van der Waals surface area contributed by atoms with Crippen molar-refractivity contribution >= 4 is 5.71 Å². The van der Waals surface area contributed by atoms with Crippen LogP contribution < -0.4 is 0 Å². The molecule has 0 N–H and O–H groups in total. The molecule has 0 aliphatic carbocycles. The molecule has 0 bridgehead atoms. The van der Waals surface area contributed by atoms with E-state index in [1.54, 1.807) is 5.57 Å². The molecule has 2 aliphatic rings. The monoisotopic (exact) mass is 178 g/mol. The lowest BCUT2D eigenvalue weighted by atomic mass is 10.0. The first-order chi connectivity index (χ1) is 6.16. The zero-order valence-electron chi connectivity index (χ0n) is 8.80. The van der Waals surface area contributed by atoms with Crippen molar-refractivity contribution in [3.05, 3.63) is 11.3 Å². The fraction of sp³-hybridized carbons (Fsp3) is 0.727. The third-order valence-electron chi connectivity index (χ3n) is 2.99. The summed E-state index contributed by atoms with van der Waals surface area (Å²) in [6.45, 7) is 8.95. The second-order valence-corrected chi connectivity index (χ2v) is 4.39. The van der Waals surface area contributed by atoms with Crippen LogP contribution in [0.2, 0.25) is 0 Å². The Morgan fingerprint density at radius 3 is 2.85 bits per heavy atom. The lowest BCUT2D eigenvalue weighted by Gasteiger charge is -2.30. The number of hydrogen-bond donors (Lipinski definition) is 0. The van der Waals surface area contributed by atoms with Gasteiger partial charge < -0.3 is 0 Å². The maximum atomic E-state index is 4.60. The summed E-state index contributed by atoms with van der Waals surface area (Å²) < 4.78 is 0. The Morgan fingerprint density at radius 2 is 2.15 bits per heavy atom. The van der Waals surface area contributed by atoms with Crippen LogP contribution >= 0.6 is 0 Å². The van der Waals surface area contributed by atoms with Gasteiger partial charge in [-0.05, 0) is 32.8 Å². The van der Waals surface area contributed by atoms with Crippen LogP contribution in [0.3, 0.4) is 0 Å². The molecule has 72 valence electrons. The minimum Gasteiger partial charge on any atom is -0.295 e. The molecule has 0 atom stereocenters. The van der Waals surface area contributed by atoms with Gasteiger partial charge >= 0.3 is 0 Å². The molecule has 2 heterocycles. The summed E-state index contributed by atoms with van der Waals surface area (Å²) in [5, 5.41) is 0. The highest BCUT2D eigenvalue weighted by Gasteiger charge is 2.23. The van der Waals surface area contributed by atoms with Crippen LogP contribution in [-0.2, 0) is 0 Å². The highest BCUT2D eigenvalue weighted by molar-refractivity contribution is 5.88. The Morgan fingerprint density at radius 1 is 1.38 bits per heavy atom. The number of rotatable bonds is 1. The molecule has 2 heteroatoms. The Balaban J connectivity index is 2.10. The van der Waals surface area contributed by atoms with Crippen LogP contribution in [0.4, 0.5) is 0 Å². The highest BCUT2D eigenvalue weighted by atomic mass is 15.2. The summed E-state index contributed by atoms with van der Waals surface area (Å²) in [7, 11) is 0. The molecule has 0 radical (unpaired) electrons. The van der Waals surface area contributed by atoms with Gasteiger partial charge in [0, 0.05) is 31.3 Å². The van der Waals surface area contributed by atoms with Gasteiger partial charge in [0.15, 0.2) is 0 Å². The van der Waals surface area contributed by atoms with Crippen molar-refractivity contribution in [1.82, 2.24) is 4.90 Å². The summed E-state index contributed by atoms with van der Waals surface area (Å²) in [6, 6.07) is 0.658. The zero-order chi connectivity index (χ0) is 9.42. The van der Waals surface area contributed by atoms with Gasteiger partial charge in [0.25, 0.3) is 0 Å². The number of hydrogen-bond acceptors (Lipinski definition) is 2. The first-order valence-electron chi connectivity index (χ1n) is 5.16. The average Bonchev–Trinajstić information content (AvgIpc) is 2.42. The minimum absolute atomic E-state index is 0.658. The third kappa shape index (κ3) is 1.68. The van der Waals surface area contributed by atoms with Crippen LogP contribution in [0.25, 0.3) is 0 Å². The van der Waals surface area contributed by atoms with Crippen molar-refractivity contribution in [3.63, 3.8) is 0 Å². The smallest absolute Gasteiger partial charge is 0.0539 e. The maximum Gasteiger partial charge on any atom is 0.0539 e. The lowest BCUT2D eigenvalue weighted by Crippen LogP contribution is -2.36.